The second-order valence-electron chi connectivity index (χ2n) is 5.71. The van der Waals surface area contributed by atoms with E-state index in [1.165, 1.54) is 8.61 Å². The maximum atomic E-state index is 12.6. The van der Waals surface area contributed by atoms with Crippen LogP contribution in [0, 0.1) is 5.92 Å². The minimum absolute atomic E-state index is 0.204. The number of piperazine rings is 1. The Hall–Kier alpha value is -0.700. The fraction of sp³-hybridized carbons (Fsp3) is 0.917. The molecule has 0 aliphatic carbocycles. The van der Waals surface area contributed by atoms with Crippen molar-refractivity contribution in [3.8, 4) is 0 Å². The molecule has 1 unspecified atom stereocenters. The summed E-state index contributed by atoms with van der Waals surface area (Å²) in [4.78, 5) is 13.0. The first-order valence-electron chi connectivity index (χ1n) is 7.00. The molecule has 2 aliphatic rings. The Labute approximate surface area is 120 Å². The lowest BCUT2D eigenvalue weighted by Gasteiger charge is -2.40. The van der Waals surface area contributed by atoms with Crippen molar-refractivity contribution < 1.29 is 18.3 Å². The van der Waals surface area contributed by atoms with Crippen molar-refractivity contribution in [2.24, 2.45) is 5.92 Å². The molecule has 2 saturated heterocycles. The van der Waals surface area contributed by atoms with E-state index in [0.29, 0.717) is 39.0 Å². The van der Waals surface area contributed by atoms with E-state index in [4.69, 9.17) is 5.11 Å². The summed E-state index contributed by atoms with van der Waals surface area (Å²) < 4.78 is 28.1. The highest BCUT2D eigenvalue weighted by atomic mass is 32.2. The lowest BCUT2D eigenvalue weighted by molar-refractivity contribution is -0.142. The topological polar surface area (TPSA) is 81.2 Å². The van der Waals surface area contributed by atoms with Crippen LogP contribution in [-0.4, -0.2) is 78.8 Å². The van der Waals surface area contributed by atoms with Crippen LogP contribution in [0.3, 0.4) is 0 Å². The van der Waals surface area contributed by atoms with Gasteiger partial charge < -0.3 is 10.0 Å². The second-order valence-corrected chi connectivity index (χ2v) is 7.64. The largest absolute Gasteiger partial charge is 0.481 e. The fourth-order valence-electron chi connectivity index (χ4n) is 2.72. The molecule has 116 valence electrons. The van der Waals surface area contributed by atoms with E-state index in [0.717, 1.165) is 6.54 Å². The van der Waals surface area contributed by atoms with E-state index in [-0.39, 0.29) is 6.04 Å². The standard InChI is InChI=1S/C12H23N3O4S/c1-10-9-15(8-7-13(10)2)20(18,19)14-5-3-11(4-6-14)12(16)17/h10-11H,3-9H2,1-2H3,(H,16,17). The van der Waals surface area contributed by atoms with Gasteiger partial charge in [0.25, 0.3) is 10.2 Å². The molecule has 0 amide bonds. The van der Waals surface area contributed by atoms with Crippen LogP contribution in [0.4, 0.5) is 0 Å². The van der Waals surface area contributed by atoms with Crippen molar-refractivity contribution in [2.75, 3.05) is 39.8 Å². The quantitative estimate of drug-likeness (QED) is 0.772. The van der Waals surface area contributed by atoms with Crippen LogP contribution in [0.5, 0.6) is 0 Å². The third kappa shape index (κ3) is 3.13. The molecule has 2 fully saturated rings. The number of nitrogens with zero attached hydrogens (tertiary/aromatic N) is 3. The van der Waals surface area contributed by atoms with E-state index in [2.05, 4.69) is 4.90 Å². The molecule has 0 saturated carbocycles. The molecule has 0 aromatic rings. The van der Waals surface area contributed by atoms with Gasteiger partial charge in [0.1, 0.15) is 0 Å². The summed E-state index contributed by atoms with van der Waals surface area (Å²) in [5, 5.41) is 8.96. The molecule has 2 aliphatic heterocycles. The zero-order valence-corrected chi connectivity index (χ0v) is 12.8. The molecule has 7 nitrogen and oxygen atoms in total. The summed E-state index contributed by atoms with van der Waals surface area (Å²) in [6, 6.07) is 0.204. The summed E-state index contributed by atoms with van der Waals surface area (Å²) in [6.07, 6.45) is 0.801. The van der Waals surface area contributed by atoms with Gasteiger partial charge in [0, 0.05) is 38.8 Å². The van der Waals surface area contributed by atoms with Gasteiger partial charge >= 0.3 is 5.97 Å². The predicted molar refractivity (Wildman–Crippen MR) is 74.5 cm³/mol. The van der Waals surface area contributed by atoms with Crippen LogP contribution in [-0.2, 0) is 15.0 Å². The Morgan fingerprint density at radius 3 is 2.20 bits per heavy atom. The van der Waals surface area contributed by atoms with Gasteiger partial charge in [-0.15, -0.1) is 0 Å². The molecular weight excluding hydrogens is 282 g/mol. The van der Waals surface area contributed by atoms with Gasteiger partial charge in [-0.2, -0.15) is 17.0 Å². The average Bonchev–Trinajstić information content (AvgIpc) is 2.41. The molecule has 0 spiro atoms. The monoisotopic (exact) mass is 305 g/mol. The second kappa shape index (κ2) is 5.97. The van der Waals surface area contributed by atoms with E-state index in [9.17, 15) is 13.2 Å². The van der Waals surface area contributed by atoms with Gasteiger partial charge in [-0.25, -0.2) is 0 Å². The van der Waals surface area contributed by atoms with E-state index in [1.54, 1.807) is 0 Å². The lowest BCUT2D eigenvalue weighted by atomic mass is 9.99. The SMILES string of the molecule is CC1CN(S(=O)(=O)N2CCC(C(=O)O)CC2)CCN1C. The third-order valence-electron chi connectivity index (χ3n) is 4.38. The van der Waals surface area contributed by atoms with Gasteiger partial charge in [0.15, 0.2) is 0 Å². The number of carbonyl (C=O) groups is 1. The number of carboxylic acid groups (broad SMARTS) is 1. The van der Waals surface area contributed by atoms with Crippen molar-refractivity contribution >= 4 is 16.2 Å². The first-order valence-corrected chi connectivity index (χ1v) is 8.40. The number of likely N-dealkylation sites (N-methyl/N-ethyl adjacent to an activating group) is 1. The van der Waals surface area contributed by atoms with Crippen LogP contribution in [0.1, 0.15) is 19.8 Å². The number of hydrogen-bond acceptors (Lipinski definition) is 4. The van der Waals surface area contributed by atoms with Gasteiger partial charge in [-0.3, -0.25) is 4.79 Å². The minimum Gasteiger partial charge on any atom is -0.481 e. The summed E-state index contributed by atoms with van der Waals surface area (Å²) in [5.41, 5.74) is 0. The normalized spacial score (nSPS) is 28.6. The zero-order valence-electron chi connectivity index (χ0n) is 12.0. The maximum Gasteiger partial charge on any atom is 0.306 e. The minimum atomic E-state index is -3.44. The average molecular weight is 305 g/mol. The van der Waals surface area contributed by atoms with E-state index in [1.807, 2.05) is 14.0 Å². The Balaban J connectivity index is 1.99. The van der Waals surface area contributed by atoms with E-state index < -0.39 is 22.1 Å². The van der Waals surface area contributed by atoms with Gasteiger partial charge in [-0.05, 0) is 26.8 Å². The third-order valence-corrected chi connectivity index (χ3v) is 6.38. The Kier molecular flexibility index (Phi) is 4.68. The summed E-state index contributed by atoms with van der Waals surface area (Å²) >= 11 is 0. The molecule has 20 heavy (non-hydrogen) atoms. The first-order chi connectivity index (χ1) is 9.32. The molecular formula is C12H23N3O4S. The lowest BCUT2D eigenvalue weighted by Crippen LogP contribution is -2.56. The number of carboxylic acids is 1. The molecule has 0 aromatic heterocycles. The van der Waals surface area contributed by atoms with Crippen LogP contribution in [0.2, 0.25) is 0 Å². The van der Waals surface area contributed by atoms with E-state index >= 15 is 0 Å². The highest BCUT2D eigenvalue weighted by Crippen LogP contribution is 2.23. The van der Waals surface area contributed by atoms with Gasteiger partial charge in [-0.1, -0.05) is 0 Å². The predicted octanol–water partition coefficient (Wildman–Crippen LogP) is -0.336. The van der Waals surface area contributed by atoms with Crippen LogP contribution < -0.4 is 0 Å². The smallest absolute Gasteiger partial charge is 0.306 e. The van der Waals surface area contributed by atoms with Crippen LogP contribution >= 0.6 is 0 Å². The molecule has 8 heteroatoms. The first kappa shape index (κ1) is 15.7. The molecule has 1 N–H and O–H groups in total. The van der Waals surface area contributed by atoms with Crippen molar-refractivity contribution in [1.82, 2.24) is 13.5 Å². The summed E-state index contributed by atoms with van der Waals surface area (Å²) in [7, 11) is -1.45. The number of rotatable bonds is 3. The molecule has 0 bridgehead atoms. The number of hydrogen-bond donors (Lipinski definition) is 1. The zero-order chi connectivity index (χ0) is 14.9. The Bertz CT molecular complexity index is 459. The molecule has 0 radical (unpaired) electrons. The molecule has 1 atom stereocenters. The van der Waals surface area contributed by atoms with Gasteiger partial charge in [0.05, 0.1) is 5.92 Å². The Morgan fingerprint density at radius 2 is 1.70 bits per heavy atom. The summed E-state index contributed by atoms with van der Waals surface area (Å²) in [5.74, 6) is -1.23. The van der Waals surface area contributed by atoms with Crippen molar-refractivity contribution in [1.29, 1.82) is 0 Å². The maximum absolute atomic E-state index is 12.6. The van der Waals surface area contributed by atoms with Crippen molar-refractivity contribution in [3.63, 3.8) is 0 Å². The molecule has 2 rings (SSSR count). The summed E-state index contributed by atoms with van der Waals surface area (Å²) in [6.45, 7) is 4.35. The van der Waals surface area contributed by atoms with Crippen LogP contribution in [0.15, 0.2) is 0 Å². The molecule has 0 aromatic carbocycles. The fourth-order valence-corrected chi connectivity index (χ4v) is 4.44. The Morgan fingerprint density at radius 1 is 1.10 bits per heavy atom. The van der Waals surface area contributed by atoms with Crippen molar-refractivity contribution in [2.45, 2.75) is 25.8 Å². The number of piperidine rings is 1. The highest BCUT2D eigenvalue weighted by Gasteiger charge is 2.37. The number of aliphatic carboxylic acids is 1. The van der Waals surface area contributed by atoms with Gasteiger partial charge in [0.2, 0.25) is 0 Å². The van der Waals surface area contributed by atoms with Crippen molar-refractivity contribution in [3.05, 3.63) is 0 Å². The van der Waals surface area contributed by atoms with Crippen LogP contribution in [0.25, 0.3) is 0 Å². The highest BCUT2D eigenvalue weighted by molar-refractivity contribution is 7.86. The molecule has 2 heterocycles.